The van der Waals surface area contributed by atoms with Gasteiger partial charge in [-0.25, -0.2) is 0 Å². The standard InChI is InChI=1S/C13H8N3O/c1-16-4-2-3-13(16)17-12-6-10(8-14)5-11(7-12)9-15/h2-3,5-7H,1H3. The summed E-state index contributed by atoms with van der Waals surface area (Å²) in [5.74, 6) is 1.07. The Morgan fingerprint density at radius 3 is 2.29 bits per heavy atom. The molecule has 1 heterocycles. The van der Waals surface area contributed by atoms with E-state index in [1.54, 1.807) is 35.9 Å². The van der Waals surface area contributed by atoms with Crippen LogP contribution in [0.15, 0.2) is 30.3 Å². The zero-order chi connectivity index (χ0) is 12.3. The lowest BCUT2D eigenvalue weighted by atomic mass is 10.1. The Hall–Kier alpha value is -2.72. The minimum Gasteiger partial charge on any atom is -0.441 e. The Balaban J connectivity index is 2.37. The SMILES string of the molecule is Cn1[c]ccc1Oc1cc(C#N)cc(C#N)c1. The van der Waals surface area contributed by atoms with Crippen molar-refractivity contribution in [1.29, 1.82) is 10.5 Å². The van der Waals surface area contributed by atoms with Crippen LogP contribution in [0.25, 0.3) is 0 Å². The van der Waals surface area contributed by atoms with Gasteiger partial charge in [0.1, 0.15) is 5.75 Å². The van der Waals surface area contributed by atoms with E-state index < -0.39 is 0 Å². The van der Waals surface area contributed by atoms with Crippen molar-refractivity contribution in [3.63, 3.8) is 0 Å². The molecule has 0 unspecified atom stereocenters. The van der Waals surface area contributed by atoms with Gasteiger partial charge in [0.2, 0.25) is 0 Å². The molecule has 4 heteroatoms. The molecule has 0 bridgehead atoms. The Labute approximate surface area is 98.9 Å². The van der Waals surface area contributed by atoms with Crippen molar-refractivity contribution in [3.05, 3.63) is 47.7 Å². The molecular formula is C13H8N3O. The first kappa shape index (κ1) is 10.8. The fraction of sp³-hybridized carbons (Fsp3) is 0.0769. The molecule has 1 radical (unpaired) electrons. The Morgan fingerprint density at radius 2 is 1.82 bits per heavy atom. The Bertz CT molecular complexity index is 597. The molecule has 81 valence electrons. The van der Waals surface area contributed by atoms with E-state index in [4.69, 9.17) is 15.3 Å². The largest absolute Gasteiger partial charge is 0.441 e. The molecule has 1 aromatic carbocycles. The first-order valence-corrected chi connectivity index (χ1v) is 4.89. The average Bonchev–Trinajstić information content (AvgIpc) is 2.74. The molecule has 0 aliphatic rings. The normalized spacial score (nSPS) is 9.35. The van der Waals surface area contributed by atoms with Crippen molar-refractivity contribution < 1.29 is 4.74 Å². The van der Waals surface area contributed by atoms with E-state index in [9.17, 15) is 0 Å². The van der Waals surface area contributed by atoms with Gasteiger partial charge in [-0.1, -0.05) is 0 Å². The lowest BCUT2D eigenvalue weighted by Crippen LogP contribution is -1.93. The van der Waals surface area contributed by atoms with Crippen LogP contribution >= 0.6 is 0 Å². The van der Waals surface area contributed by atoms with Gasteiger partial charge < -0.3 is 9.30 Å². The number of hydrogen-bond acceptors (Lipinski definition) is 3. The van der Waals surface area contributed by atoms with Crippen LogP contribution in [-0.4, -0.2) is 4.57 Å². The van der Waals surface area contributed by atoms with Crippen LogP contribution in [0.5, 0.6) is 11.6 Å². The van der Waals surface area contributed by atoms with Crippen LogP contribution in [0, 0.1) is 28.9 Å². The van der Waals surface area contributed by atoms with Gasteiger partial charge in [-0.05, 0) is 24.3 Å². The van der Waals surface area contributed by atoms with Gasteiger partial charge >= 0.3 is 0 Å². The lowest BCUT2D eigenvalue weighted by molar-refractivity contribution is 0.442. The average molecular weight is 222 g/mol. The van der Waals surface area contributed by atoms with Crippen LogP contribution in [0.4, 0.5) is 0 Å². The van der Waals surface area contributed by atoms with Gasteiger partial charge in [0.05, 0.1) is 29.5 Å². The van der Waals surface area contributed by atoms with Gasteiger partial charge in [-0.15, -0.1) is 0 Å². The van der Waals surface area contributed by atoms with Crippen LogP contribution < -0.4 is 4.74 Å². The second-order valence-corrected chi connectivity index (χ2v) is 3.43. The van der Waals surface area contributed by atoms with E-state index in [-0.39, 0.29) is 0 Å². The van der Waals surface area contributed by atoms with Crippen LogP contribution in [0.1, 0.15) is 11.1 Å². The second kappa shape index (κ2) is 4.42. The van der Waals surface area contributed by atoms with Crippen molar-refractivity contribution in [2.24, 2.45) is 7.05 Å². The van der Waals surface area contributed by atoms with E-state index in [2.05, 4.69) is 6.20 Å². The maximum absolute atomic E-state index is 8.84. The van der Waals surface area contributed by atoms with Crippen molar-refractivity contribution in [2.75, 3.05) is 0 Å². The van der Waals surface area contributed by atoms with Crippen molar-refractivity contribution in [1.82, 2.24) is 4.57 Å². The van der Waals surface area contributed by atoms with Crippen LogP contribution in [0.2, 0.25) is 0 Å². The van der Waals surface area contributed by atoms with E-state index in [1.165, 1.54) is 6.07 Å². The lowest BCUT2D eigenvalue weighted by Gasteiger charge is -2.06. The number of ether oxygens (including phenoxy) is 1. The smallest absolute Gasteiger partial charge is 0.200 e. The number of benzene rings is 1. The molecule has 4 nitrogen and oxygen atoms in total. The van der Waals surface area contributed by atoms with E-state index in [0.29, 0.717) is 22.8 Å². The number of nitriles is 2. The van der Waals surface area contributed by atoms with Gasteiger partial charge in [0.15, 0.2) is 5.88 Å². The van der Waals surface area contributed by atoms with Gasteiger partial charge in [0, 0.05) is 13.1 Å². The Morgan fingerprint density at radius 1 is 1.18 bits per heavy atom. The number of rotatable bonds is 2. The third-order valence-electron chi connectivity index (χ3n) is 2.21. The van der Waals surface area contributed by atoms with E-state index in [1.807, 2.05) is 12.1 Å². The zero-order valence-electron chi connectivity index (χ0n) is 9.14. The fourth-order valence-electron chi connectivity index (χ4n) is 1.41. The molecular weight excluding hydrogens is 214 g/mol. The highest BCUT2D eigenvalue weighted by Gasteiger charge is 2.04. The minimum atomic E-state index is 0.400. The molecule has 0 atom stereocenters. The first-order chi connectivity index (χ1) is 8.22. The predicted octanol–water partition coefficient (Wildman–Crippen LogP) is 2.36. The van der Waals surface area contributed by atoms with Gasteiger partial charge in [-0.2, -0.15) is 10.5 Å². The molecule has 17 heavy (non-hydrogen) atoms. The van der Waals surface area contributed by atoms with Gasteiger partial charge in [0.25, 0.3) is 0 Å². The summed E-state index contributed by atoms with van der Waals surface area (Å²) in [5, 5.41) is 17.7. The molecule has 0 N–H and O–H groups in total. The number of aromatic nitrogens is 1. The quantitative estimate of drug-likeness (QED) is 0.783. The minimum absolute atomic E-state index is 0.400. The summed E-state index contributed by atoms with van der Waals surface area (Å²) in [6, 6.07) is 12.2. The predicted molar refractivity (Wildman–Crippen MR) is 60.2 cm³/mol. The van der Waals surface area contributed by atoms with Gasteiger partial charge in [-0.3, -0.25) is 0 Å². The molecule has 0 saturated carbocycles. The molecule has 0 amide bonds. The molecule has 1 aromatic heterocycles. The highest BCUT2D eigenvalue weighted by Crippen LogP contribution is 2.23. The summed E-state index contributed by atoms with van der Waals surface area (Å²) in [5.41, 5.74) is 0.800. The molecule has 2 aromatic rings. The fourth-order valence-corrected chi connectivity index (χ4v) is 1.41. The topological polar surface area (TPSA) is 61.7 Å². The molecule has 0 fully saturated rings. The number of hydrogen-bond donors (Lipinski definition) is 0. The zero-order valence-corrected chi connectivity index (χ0v) is 9.14. The summed E-state index contributed by atoms with van der Waals surface area (Å²) in [6.07, 6.45) is 2.91. The summed E-state index contributed by atoms with van der Waals surface area (Å²) in [6.45, 7) is 0. The van der Waals surface area contributed by atoms with Crippen LogP contribution in [-0.2, 0) is 7.05 Å². The van der Waals surface area contributed by atoms with Crippen molar-refractivity contribution in [2.45, 2.75) is 0 Å². The first-order valence-electron chi connectivity index (χ1n) is 4.89. The molecule has 2 rings (SSSR count). The summed E-state index contributed by atoms with van der Waals surface area (Å²) in [7, 11) is 1.80. The van der Waals surface area contributed by atoms with Crippen molar-refractivity contribution in [3.8, 4) is 23.8 Å². The third-order valence-corrected chi connectivity index (χ3v) is 2.21. The van der Waals surface area contributed by atoms with Crippen molar-refractivity contribution >= 4 is 0 Å². The second-order valence-electron chi connectivity index (χ2n) is 3.43. The summed E-state index contributed by atoms with van der Waals surface area (Å²) >= 11 is 0. The highest BCUT2D eigenvalue weighted by atomic mass is 16.5. The number of aryl methyl sites for hydroxylation is 1. The summed E-state index contributed by atoms with van der Waals surface area (Å²) < 4.78 is 7.25. The highest BCUT2D eigenvalue weighted by molar-refractivity contribution is 5.46. The molecule has 0 aliphatic carbocycles. The maximum Gasteiger partial charge on any atom is 0.200 e. The molecule has 0 spiro atoms. The Kier molecular flexibility index (Phi) is 2.81. The molecule has 0 aliphatic heterocycles. The maximum atomic E-state index is 8.84. The number of nitrogens with zero attached hydrogens (tertiary/aromatic N) is 3. The third kappa shape index (κ3) is 2.27. The summed E-state index contributed by atoms with van der Waals surface area (Å²) in [4.78, 5) is 0. The van der Waals surface area contributed by atoms with E-state index in [0.717, 1.165) is 0 Å². The monoisotopic (exact) mass is 222 g/mol. The molecule has 0 saturated heterocycles. The van der Waals surface area contributed by atoms with E-state index >= 15 is 0 Å². The van der Waals surface area contributed by atoms with Crippen LogP contribution in [0.3, 0.4) is 0 Å².